The lowest BCUT2D eigenvalue weighted by Crippen LogP contribution is -2.41. The predicted molar refractivity (Wildman–Crippen MR) is 66.9 cm³/mol. The summed E-state index contributed by atoms with van der Waals surface area (Å²) < 4.78 is 10.8. The molecule has 0 aliphatic heterocycles. The molecule has 1 N–H and O–H groups in total. The van der Waals surface area contributed by atoms with Gasteiger partial charge < -0.3 is 14.8 Å². The van der Waals surface area contributed by atoms with E-state index in [1.807, 2.05) is 14.0 Å². The van der Waals surface area contributed by atoms with Gasteiger partial charge in [0, 0.05) is 0 Å². The van der Waals surface area contributed by atoms with Crippen molar-refractivity contribution in [2.75, 3.05) is 20.2 Å². The van der Waals surface area contributed by atoms with Crippen molar-refractivity contribution >= 4 is 5.97 Å². The molecule has 1 saturated carbocycles. The quantitative estimate of drug-likeness (QED) is 0.660. The SMILES string of the molecule is CCCC(OC1CC(CNC)C1)C(=O)OCC. The zero-order valence-electron chi connectivity index (χ0n) is 11.2. The van der Waals surface area contributed by atoms with Crippen molar-refractivity contribution < 1.29 is 14.3 Å². The van der Waals surface area contributed by atoms with E-state index in [2.05, 4.69) is 12.2 Å². The summed E-state index contributed by atoms with van der Waals surface area (Å²) in [4.78, 5) is 11.7. The first-order chi connectivity index (χ1) is 8.21. The molecule has 100 valence electrons. The van der Waals surface area contributed by atoms with Crippen LogP contribution in [0.4, 0.5) is 0 Å². The number of hydrogen-bond acceptors (Lipinski definition) is 4. The number of esters is 1. The van der Waals surface area contributed by atoms with E-state index in [0.717, 1.165) is 32.2 Å². The highest BCUT2D eigenvalue weighted by atomic mass is 16.6. The van der Waals surface area contributed by atoms with Gasteiger partial charge in [0.1, 0.15) is 0 Å². The summed E-state index contributed by atoms with van der Waals surface area (Å²) in [5.74, 6) is 0.501. The van der Waals surface area contributed by atoms with Crippen LogP contribution in [-0.2, 0) is 14.3 Å². The van der Waals surface area contributed by atoms with Gasteiger partial charge >= 0.3 is 5.97 Å². The number of carbonyl (C=O) groups excluding carboxylic acids is 1. The minimum absolute atomic E-state index is 0.202. The van der Waals surface area contributed by atoms with Gasteiger partial charge in [-0.3, -0.25) is 0 Å². The van der Waals surface area contributed by atoms with Crippen molar-refractivity contribution in [3.05, 3.63) is 0 Å². The molecule has 0 aromatic carbocycles. The lowest BCUT2D eigenvalue weighted by Gasteiger charge is -2.36. The highest BCUT2D eigenvalue weighted by molar-refractivity contribution is 5.74. The number of nitrogens with one attached hydrogen (secondary N) is 1. The van der Waals surface area contributed by atoms with E-state index in [1.165, 1.54) is 0 Å². The van der Waals surface area contributed by atoms with E-state index in [0.29, 0.717) is 12.5 Å². The third-order valence-electron chi connectivity index (χ3n) is 3.14. The zero-order chi connectivity index (χ0) is 12.7. The lowest BCUT2D eigenvalue weighted by atomic mass is 9.82. The van der Waals surface area contributed by atoms with Gasteiger partial charge in [-0.2, -0.15) is 0 Å². The van der Waals surface area contributed by atoms with Crippen molar-refractivity contribution in [2.45, 2.75) is 51.7 Å². The van der Waals surface area contributed by atoms with Crippen molar-refractivity contribution in [1.29, 1.82) is 0 Å². The molecule has 0 aromatic rings. The summed E-state index contributed by atoms with van der Waals surface area (Å²) in [5, 5.41) is 3.16. The van der Waals surface area contributed by atoms with E-state index in [1.54, 1.807) is 0 Å². The molecule has 0 heterocycles. The Morgan fingerprint density at radius 3 is 2.65 bits per heavy atom. The van der Waals surface area contributed by atoms with Crippen LogP contribution in [0.3, 0.4) is 0 Å². The van der Waals surface area contributed by atoms with E-state index < -0.39 is 0 Å². The molecule has 1 fully saturated rings. The molecule has 1 rings (SSSR count). The minimum Gasteiger partial charge on any atom is -0.464 e. The number of hydrogen-bond donors (Lipinski definition) is 1. The van der Waals surface area contributed by atoms with Crippen molar-refractivity contribution in [2.24, 2.45) is 5.92 Å². The summed E-state index contributed by atoms with van der Waals surface area (Å²) in [6.45, 7) is 5.35. The smallest absolute Gasteiger partial charge is 0.335 e. The molecule has 17 heavy (non-hydrogen) atoms. The van der Waals surface area contributed by atoms with Crippen LogP contribution in [0.5, 0.6) is 0 Å². The van der Waals surface area contributed by atoms with Gasteiger partial charge in [0.05, 0.1) is 12.7 Å². The van der Waals surface area contributed by atoms with Crippen LogP contribution >= 0.6 is 0 Å². The van der Waals surface area contributed by atoms with Gasteiger partial charge in [-0.25, -0.2) is 4.79 Å². The molecule has 4 heteroatoms. The maximum absolute atomic E-state index is 11.7. The second kappa shape index (κ2) is 7.67. The number of rotatable bonds is 8. The molecule has 0 aromatic heterocycles. The Morgan fingerprint density at radius 1 is 1.41 bits per heavy atom. The fraction of sp³-hybridized carbons (Fsp3) is 0.923. The molecule has 0 amide bonds. The normalized spacial score (nSPS) is 25.1. The fourth-order valence-electron chi connectivity index (χ4n) is 2.21. The Hall–Kier alpha value is -0.610. The van der Waals surface area contributed by atoms with Crippen LogP contribution in [0, 0.1) is 5.92 Å². The largest absolute Gasteiger partial charge is 0.464 e. The molecule has 1 unspecified atom stereocenters. The monoisotopic (exact) mass is 243 g/mol. The molecule has 0 radical (unpaired) electrons. The van der Waals surface area contributed by atoms with Crippen molar-refractivity contribution in [3.8, 4) is 0 Å². The first-order valence-electron chi connectivity index (χ1n) is 6.67. The summed E-state index contributed by atoms with van der Waals surface area (Å²) in [6, 6.07) is 0. The molecule has 1 aliphatic rings. The third kappa shape index (κ3) is 4.64. The van der Waals surface area contributed by atoms with Crippen LogP contribution in [0.25, 0.3) is 0 Å². The molecule has 1 atom stereocenters. The standard InChI is InChI=1S/C13H25NO3/c1-4-6-12(13(15)16-5-2)17-11-7-10(8-11)9-14-3/h10-12,14H,4-9H2,1-3H3. The molecule has 0 saturated heterocycles. The summed E-state index contributed by atoms with van der Waals surface area (Å²) in [7, 11) is 1.96. The second-order valence-electron chi connectivity index (χ2n) is 4.68. The van der Waals surface area contributed by atoms with Crippen molar-refractivity contribution in [3.63, 3.8) is 0 Å². The van der Waals surface area contributed by atoms with Crippen molar-refractivity contribution in [1.82, 2.24) is 5.32 Å². The van der Waals surface area contributed by atoms with E-state index in [-0.39, 0.29) is 18.2 Å². The Labute approximate surface area is 104 Å². The van der Waals surface area contributed by atoms with Crippen LogP contribution in [-0.4, -0.2) is 38.4 Å². The topological polar surface area (TPSA) is 47.6 Å². The Bertz CT molecular complexity index is 227. The summed E-state index contributed by atoms with van der Waals surface area (Å²) in [6.07, 6.45) is 3.69. The number of carbonyl (C=O) groups is 1. The predicted octanol–water partition coefficient (Wildman–Crippen LogP) is 1.73. The summed E-state index contributed by atoms with van der Waals surface area (Å²) in [5.41, 5.74) is 0. The van der Waals surface area contributed by atoms with E-state index in [9.17, 15) is 4.79 Å². The molecular formula is C13H25NO3. The van der Waals surface area contributed by atoms with Crippen LogP contribution < -0.4 is 5.32 Å². The minimum atomic E-state index is -0.361. The first kappa shape index (κ1) is 14.5. The third-order valence-corrected chi connectivity index (χ3v) is 3.14. The number of ether oxygens (including phenoxy) is 2. The van der Waals surface area contributed by atoms with Gasteiger partial charge in [0.15, 0.2) is 6.10 Å². The van der Waals surface area contributed by atoms with Gasteiger partial charge in [-0.1, -0.05) is 13.3 Å². The maximum Gasteiger partial charge on any atom is 0.335 e. The molecular weight excluding hydrogens is 218 g/mol. The summed E-state index contributed by atoms with van der Waals surface area (Å²) >= 11 is 0. The van der Waals surface area contributed by atoms with Crippen LogP contribution in [0.2, 0.25) is 0 Å². The second-order valence-corrected chi connectivity index (χ2v) is 4.68. The fourth-order valence-corrected chi connectivity index (χ4v) is 2.21. The zero-order valence-corrected chi connectivity index (χ0v) is 11.2. The van der Waals surface area contributed by atoms with E-state index >= 15 is 0 Å². The Balaban J connectivity index is 2.28. The molecule has 1 aliphatic carbocycles. The molecule has 0 bridgehead atoms. The van der Waals surface area contributed by atoms with Crippen LogP contribution in [0.1, 0.15) is 39.5 Å². The maximum atomic E-state index is 11.7. The molecule has 4 nitrogen and oxygen atoms in total. The molecule has 0 spiro atoms. The van der Waals surface area contributed by atoms with Gasteiger partial charge in [-0.05, 0) is 45.7 Å². The highest BCUT2D eigenvalue weighted by Gasteiger charge is 2.33. The Morgan fingerprint density at radius 2 is 2.12 bits per heavy atom. The van der Waals surface area contributed by atoms with Gasteiger partial charge in [0.25, 0.3) is 0 Å². The first-order valence-corrected chi connectivity index (χ1v) is 6.67. The van der Waals surface area contributed by atoms with E-state index in [4.69, 9.17) is 9.47 Å². The Kier molecular flexibility index (Phi) is 6.52. The average Bonchev–Trinajstić information content (AvgIpc) is 2.25. The van der Waals surface area contributed by atoms with Gasteiger partial charge in [-0.15, -0.1) is 0 Å². The highest BCUT2D eigenvalue weighted by Crippen LogP contribution is 2.31. The van der Waals surface area contributed by atoms with Gasteiger partial charge in [0.2, 0.25) is 0 Å². The van der Waals surface area contributed by atoms with Crippen LogP contribution in [0.15, 0.2) is 0 Å². The average molecular weight is 243 g/mol. The lowest BCUT2D eigenvalue weighted by molar-refractivity contribution is -0.166.